The first-order chi connectivity index (χ1) is 9.35. The number of nitrogens with two attached hydrogens (primary N) is 1. The van der Waals surface area contributed by atoms with Crippen LogP contribution in [0.3, 0.4) is 0 Å². The third kappa shape index (κ3) is 2.69. The van der Waals surface area contributed by atoms with Crippen LogP contribution in [0.1, 0.15) is 43.5 Å². The van der Waals surface area contributed by atoms with E-state index in [0.717, 1.165) is 36.6 Å². The molecule has 1 aliphatic rings. The lowest BCUT2D eigenvalue weighted by Crippen LogP contribution is -2.42. The molecular weight excluding hydrogens is 254 g/mol. The van der Waals surface area contributed by atoms with Crippen molar-refractivity contribution in [3.8, 4) is 0 Å². The van der Waals surface area contributed by atoms with Crippen LogP contribution < -0.4 is 10.6 Å². The zero-order valence-electron chi connectivity index (χ0n) is 12.6. The molecule has 1 aliphatic heterocycles. The first kappa shape index (κ1) is 14.6. The monoisotopic (exact) mass is 277 g/mol. The van der Waals surface area contributed by atoms with Gasteiger partial charge in [-0.05, 0) is 37.7 Å². The molecule has 1 saturated heterocycles. The van der Waals surface area contributed by atoms with Crippen LogP contribution in [-0.4, -0.2) is 34.3 Å². The van der Waals surface area contributed by atoms with Crippen LogP contribution in [0.2, 0.25) is 0 Å². The number of oxime groups is 1. The fourth-order valence-electron chi connectivity index (χ4n) is 2.78. The maximum absolute atomic E-state index is 9.03. The summed E-state index contributed by atoms with van der Waals surface area (Å²) in [6.07, 6.45) is 2.30. The normalized spacial score (nSPS) is 19.2. The highest BCUT2D eigenvalue weighted by Crippen LogP contribution is 2.32. The summed E-state index contributed by atoms with van der Waals surface area (Å²) in [4.78, 5) is 2.19. The van der Waals surface area contributed by atoms with Crippen molar-refractivity contribution in [1.29, 1.82) is 0 Å². The molecule has 0 bridgehead atoms. The van der Waals surface area contributed by atoms with Gasteiger partial charge in [0.15, 0.2) is 11.7 Å². The van der Waals surface area contributed by atoms with Crippen molar-refractivity contribution in [2.75, 3.05) is 18.0 Å². The van der Waals surface area contributed by atoms with Crippen molar-refractivity contribution in [1.82, 2.24) is 10.2 Å². The molecule has 20 heavy (non-hydrogen) atoms. The molecule has 0 unspecified atom stereocenters. The predicted octanol–water partition coefficient (Wildman–Crippen LogP) is 1.81. The summed E-state index contributed by atoms with van der Waals surface area (Å²) in [5.74, 6) is 0.815. The maximum atomic E-state index is 9.03. The summed E-state index contributed by atoms with van der Waals surface area (Å²) < 4.78 is 0. The van der Waals surface area contributed by atoms with E-state index in [1.165, 1.54) is 6.42 Å². The Kier molecular flexibility index (Phi) is 3.83. The first-order valence-corrected chi connectivity index (χ1v) is 6.92. The minimum atomic E-state index is 0.0962. The van der Waals surface area contributed by atoms with Crippen molar-refractivity contribution in [2.24, 2.45) is 16.3 Å². The van der Waals surface area contributed by atoms with Crippen LogP contribution in [0.5, 0.6) is 0 Å². The minimum Gasteiger partial charge on any atom is -0.409 e. The molecule has 2 rings (SSSR count). The van der Waals surface area contributed by atoms with Crippen LogP contribution in [0.25, 0.3) is 0 Å². The third-order valence-corrected chi connectivity index (χ3v) is 4.00. The number of amidine groups is 1. The van der Waals surface area contributed by atoms with Crippen LogP contribution in [0, 0.1) is 19.3 Å². The number of aromatic nitrogens is 2. The second kappa shape index (κ2) is 5.26. The van der Waals surface area contributed by atoms with Gasteiger partial charge in [-0.25, -0.2) is 0 Å². The van der Waals surface area contributed by atoms with Crippen LogP contribution >= 0.6 is 0 Å². The zero-order valence-corrected chi connectivity index (χ0v) is 12.6. The lowest BCUT2D eigenvalue weighted by atomic mass is 9.84. The molecule has 0 saturated carbocycles. The molecule has 0 aliphatic carbocycles. The number of nitrogens with zero attached hydrogens (tertiary/aromatic N) is 4. The number of rotatable bonds is 2. The Bertz CT molecular complexity index is 539. The topological polar surface area (TPSA) is 87.6 Å². The molecule has 3 N–H and O–H groups in total. The molecule has 2 heterocycles. The second-order valence-electron chi connectivity index (χ2n) is 6.28. The van der Waals surface area contributed by atoms with Crippen molar-refractivity contribution >= 4 is 11.7 Å². The number of piperidine rings is 1. The van der Waals surface area contributed by atoms with E-state index in [-0.39, 0.29) is 11.3 Å². The van der Waals surface area contributed by atoms with Gasteiger partial charge in [-0.2, -0.15) is 5.10 Å². The summed E-state index contributed by atoms with van der Waals surface area (Å²) >= 11 is 0. The number of anilines is 1. The Morgan fingerprint density at radius 1 is 1.35 bits per heavy atom. The number of hydrogen-bond acceptors (Lipinski definition) is 5. The minimum absolute atomic E-state index is 0.0962. The number of hydrogen-bond donors (Lipinski definition) is 2. The average molecular weight is 277 g/mol. The van der Waals surface area contributed by atoms with Crippen LogP contribution in [0.15, 0.2) is 5.16 Å². The van der Waals surface area contributed by atoms with Crippen LogP contribution in [-0.2, 0) is 0 Å². The van der Waals surface area contributed by atoms with Gasteiger partial charge in [0.25, 0.3) is 0 Å². The van der Waals surface area contributed by atoms with Gasteiger partial charge in [-0.3, -0.25) is 0 Å². The van der Waals surface area contributed by atoms with E-state index in [4.69, 9.17) is 10.9 Å². The van der Waals surface area contributed by atoms with Gasteiger partial charge in [0.1, 0.15) is 0 Å². The Balaban J connectivity index is 2.49. The summed E-state index contributed by atoms with van der Waals surface area (Å²) in [5.41, 5.74) is 8.48. The average Bonchev–Trinajstić information content (AvgIpc) is 2.39. The van der Waals surface area contributed by atoms with Crippen molar-refractivity contribution in [3.63, 3.8) is 0 Å². The van der Waals surface area contributed by atoms with Gasteiger partial charge in [-0.15, -0.1) is 5.10 Å². The van der Waals surface area contributed by atoms with Gasteiger partial charge >= 0.3 is 0 Å². The van der Waals surface area contributed by atoms with E-state index in [9.17, 15) is 0 Å². The van der Waals surface area contributed by atoms with E-state index in [1.54, 1.807) is 0 Å². The molecule has 0 spiro atoms. The van der Waals surface area contributed by atoms with Gasteiger partial charge in [0.2, 0.25) is 0 Å². The zero-order chi connectivity index (χ0) is 14.9. The molecule has 6 heteroatoms. The maximum Gasteiger partial charge on any atom is 0.174 e. The first-order valence-electron chi connectivity index (χ1n) is 6.92. The van der Waals surface area contributed by atoms with Gasteiger partial charge in [-0.1, -0.05) is 19.0 Å². The molecule has 0 radical (unpaired) electrons. The highest BCUT2D eigenvalue weighted by atomic mass is 16.4. The fraction of sp³-hybridized carbons (Fsp3) is 0.643. The molecule has 6 nitrogen and oxygen atoms in total. The van der Waals surface area contributed by atoms with Gasteiger partial charge in [0, 0.05) is 13.1 Å². The standard InChI is InChI=1S/C14H23N5O/c1-9-10(2)16-17-13(11(9)12(15)18-20)19-7-5-6-14(3,4)8-19/h20H,5-8H2,1-4H3,(H2,15,18). The summed E-state index contributed by atoms with van der Waals surface area (Å²) in [5, 5.41) is 20.7. The fourth-order valence-corrected chi connectivity index (χ4v) is 2.78. The molecule has 1 fully saturated rings. The van der Waals surface area contributed by atoms with Gasteiger partial charge < -0.3 is 15.8 Å². The van der Waals surface area contributed by atoms with E-state index in [0.29, 0.717) is 5.56 Å². The largest absolute Gasteiger partial charge is 0.409 e. The highest BCUT2D eigenvalue weighted by Gasteiger charge is 2.30. The van der Waals surface area contributed by atoms with Gasteiger partial charge in [0.05, 0.1) is 11.3 Å². The van der Waals surface area contributed by atoms with E-state index in [1.807, 2.05) is 13.8 Å². The molecule has 0 amide bonds. The molecule has 0 aromatic carbocycles. The second-order valence-corrected chi connectivity index (χ2v) is 6.28. The summed E-state index contributed by atoms with van der Waals surface area (Å²) in [6.45, 7) is 10.1. The van der Waals surface area contributed by atoms with E-state index < -0.39 is 0 Å². The third-order valence-electron chi connectivity index (χ3n) is 4.00. The highest BCUT2D eigenvalue weighted by molar-refractivity contribution is 6.02. The lowest BCUT2D eigenvalue weighted by molar-refractivity contribution is 0.291. The Labute approximate surface area is 119 Å². The Hall–Kier alpha value is -1.85. The molecule has 1 aromatic heterocycles. The quantitative estimate of drug-likeness (QED) is 0.372. The Morgan fingerprint density at radius 2 is 2.05 bits per heavy atom. The summed E-state index contributed by atoms with van der Waals surface area (Å²) in [6, 6.07) is 0. The smallest absolute Gasteiger partial charge is 0.174 e. The van der Waals surface area contributed by atoms with Crippen molar-refractivity contribution in [3.05, 3.63) is 16.8 Å². The predicted molar refractivity (Wildman–Crippen MR) is 79.2 cm³/mol. The number of aryl methyl sites for hydroxylation is 1. The lowest BCUT2D eigenvalue weighted by Gasteiger charge is -2.39. The Morgan fingerprint density at radius 3 is 2.65 bits per heavy atom. The van der Waals surface area contributed by atoms with E-state index >= 15 is 0 Å². The molecular formula is C14H23N5O. The van der Waals surface area contributed by atoms with Crippen molar-refractivity contribution < 1.29 is 5.21 Å². The van der Waals surface area contributed by atoms with E-state index in [2.05, 4.69) is 34.1 Å². The van der Waals surface area contributed by atoms with Crippen molar-refractivity contribution in [2.45, 2.75) is 40.5 Å². The molecule has 1 aromatic rings. The summed E-state index contributed by atoms with van der Waals surface area (Å²) in [7, 11) is 0. The molecule has 0 atom stereocenters. The van der Waals surface area contributed by atoms with Crippen LogP contribution in [0.4, 0.5) is 5.82 Å². The SMILES string of the molecule is Cc1nnc(N2CCCC(C)(C)C2)c(C(N)=NO)c1C. The molecule has 110 valence electrons.